The Kier molecular flexibility index (Phi) is 3.85. The number of nitrogens with zero attached hydrogens (tertiary/aromatic N) is 5. The van der Waals surface area contributed by atoms with E-state index < -0.39 is 0 Å². The molecule has 0 radical (unpaired) electrons. The number of aromatic nitrogens is 4. The molecule has 0 unspecified atom stereocenters. The number of ether oxygens (including phenoxy) is 1. The summed E-state index contributed by atoms with van der Waals surface area (Å²) in [4.78, 5) is 21.7. The molecule has 1 saturated heterocycles. The molecular formula is C20H27N5O. The van der Waals surface area contributed by atoms with Crippen molar-refractivity contribution in [1.82, 2.24) is 19.9 Å². The number of rotatable bonds is 2. The van der Waals surface area contributed by atoms with Crippen LogP contribution in [0.5, 0.6) is 0 Å². The maximum Gasteiger partial charge on any atom is 0.227 e. The zero-order chi connectivity index (χ0) is 17.7. The van der Waals surface area contributed by atoms with E-state index in [1.54, 1.807) is 0 Å². The molecule has 2 aromatic rings. The molecule has 6 heteroatoms. The van der Waals surface area contributed by atoms with Crippen molar-refractivity contribution in [3.05, 3.63) is 17.1 Å². The van der Waals surface area contributed by atoms with E-state index in [2.05, 4.69) is 4.90 Å². The third kappa shape index (κ3) is 2.84. The molecule has 0 aromatic carbocycles. The molecule has 6 nitrogen and oxygen atoms in total. The monoisotopic (exact) mass is 353 g/mol. The predicted octanol–water partition coefficient (Wildman–Crippen LogP) is 3.31. The van der Waals surface area contributed by atoms with Gasteiger partial charge >= 0.3 is 0 Å². The van der Waals surface area contributed by atoms with Gasteiger partial charge in [-0.05, 0) is 57.8 Å². The van der Waals surface area contributed by atoms with Crippen molar-refractivity contribution in [2.45, 2.75) is 58.3 Å². The summed E-state index contributed by atoms with van der Waals surface area (Å²) in [6, 6.07) is 0. The fourth-order valence-electron chi connectivity index (χ4n) is 4.49. The van der Waals surface area contributed by atoms with E-state index in [4.69, 9.17) is 24.7 Å². The molecule has 0 bridgehead atoms. The van der Waals surface area contributed by atoms with Crippen LogP contribution in [0.1, 0.15) is 61.5 Å². The summed E-state index contributed by atoms with van der Waals surface area (Å²) < 4.78 is 5.49. The topological polar surface area (TPSA) is 64.0 Å². The van der Waals surface area contributed by atoms with Crippen molar-refractivity contribution in [3.63, 3.8) is 0 Å². The summed E-state index contributed by atoms with van der Waals surface area (Å²) in [6.07, 6.45) is 8.00. The average Bonchev–Trinajstić information content (AvgIpc) is 3.42. The average molecular weight is 353 g/mol. The summed E-state index contributed by atoms with van der Waals surface area (Å²) in [7, 11) is 0. The third-order valence-corrected chi connectivity index (χ3v) is 6.64. The predicted molar refractivity (Wildman–Crippen MR) is 101 cm³/mol. The Morgan fingerprint density at radius 2 is 1.58 bits per heavy atom. The molecule has 26 heavy (non-hydrogen) atoms. The first-order valence-electron chi connectivity index (χ1n) is 9.99. The van der Waals surface area contributed by atoms with E-state index in [0.29, 0.717) is 11.3 Å². The zero-order valence-corrected chi connectivity index (χ0v) is 15.8. The fraction of sp³-hybridized carbons (Fsp3) is 0.700. The number of aryl methyl sites for hydroxylation is 2. The number of fused-ring (bicyclic) bond motifs is 1. The normalized spacial score (nSPS) is 22.9. The Morgan fingerprint density at radius 3 is 2.27 bits per heavy atom. The van der Waals surface area contributed by atoms with Gasteiger partial charge < -0.3 is 9.64 Å². The van der Waals surface area contributed by atoms with Crippen LogP contribution in [-0.2, 0) is 4.74 Å². The van der Waals surface area contributed by atoms with Crippen LogP contribution in [-0.4, -0.2) is 46.2 Å². The van der Waals surface area contributed by atoms with Crippen LogP contribution in [0.25, 0.3) is 11.2 Å². The Bertz CT molecular complexity index is 832. The van der Waals surface area contributed by atoms with Gasteiger partial charge in [0.1, 0.15) is 5.52 Å². The lowest BCUT2D eigenvalue weighted by Gasteiger charge is -2.30. The van der Waals surface area contributed by atoms with E-state index >= 15 is 0 Å². The minimum Gasteiger partial charge on any atom is -0.378 e. The number of morpholine rings is 1. The quantitative estimate of drug-likeness (QED) is 0.825. The van der Waals surface area contributed by atoms with Crippen molar-refractivity contribution in [2.75, 3.05) is 31.2 Å². The summed E-state index contributed by atoms with van der Waals surface area (Å²) in [5.74, 6) is 1.29. The van der Waals surface area contributed by atoms with Gasteiger partial charge in [-0.2, -0.15) is 4.98 Å². The second-order valence-electron chi connectivity index (χ2n) is 8.35. The van der Waals surface area contributed by atoms with Gasteiger partial charge in [0.2, 0.25) is 5.95 Å². The highest BCUT2D eigenvalue weighted by Crippen LogP contribution is 2.58. The summed E-state index contributed by atoms with van der Waals surface area (Å²) in [6.45, 7) is 7.20. The first kappa shape index (κ1) is 16.4. The van der Waals surface area contributed by atoms with E-state index in [9.17, 15) is 0 Å². The maximum absolute atomic E-state index is 5.49. The van der Waals surface area contributed by atoms with Gasteiger partial charge in [0.25, 0.3) is 0 Å². The molecule has 1 spiro atoms. The first-order chi connectivity index (χ1) is 12.6. The molecule has 0 atom stereocenters. The van der Waals surface area contributed by atoms with Crippen LogP contribution in [0.4, 0.5) is 5.95 Å². The second kappa shape index (κ2) is 6.12. The minimum absolute atomic E-state index is 0.489. The minimum atomic E-state index is 0.489. The molecule has 2 aromatic heterocycles. The highest BCUT2D eigenvalue weighted by Gasteiger charge is 2.45. The Labute approximate surface area is 154 Å². The van der Waals surface area contributed by atoms with Gasteiger partial charge in [0.05, 0.1) is 30.3 Å². The lowest BCUT2D eigenvalue weighted by molar-refractivity contribution is 0.122. The van der Waals surface area contributed by atoms with Crippen molar-refractivity contribution < 1.29 is 4.74 Å². The van der Waals surface area contributed by atoms with E-state index in [0.717, 1.165) is 60.5 Å². The van der Waals surface area contributed by atoms with Crippen LogP contribution in [0.2, 0.25) is 0 Å². The molecule has 3 aliphatic rings. The smallest absolute Gasteiger partial charge is 0.227 e. The second-order valence-corrected chi connectivity index (χ2v) is 8.35. The lowest BCUT2D eigenvalue weighted by atomic mass is 9.78. The van der Waals surface area contributed by atoms with Gasteiger partial charge in [0, 0.05) is 19.0 Å². The zero-order valence-electron chi connectivity index (χ0n) is 15.8. The Morgan fingerprint density at radius 1 is 0.885 bits per heavy atom. The molecule has 0 amide bonds. The fourth-order valence-corrected chi connectivity index (χ4v) is 4.49. The van der Waals surface area contributed by atoms with Crippen LogP contribution < -0.4 is 4.90 Å². The van der Waals surface area contributed by atoms with Crippen LogP contribution in [0.3, 0.4) is 0 Å². The summed E-state index contributed by atoms with van der Waals surface area (Å²) >= 11 is 0. The molecule has 2 saturated carbocycles. The molecule has 5 rings (SSSR count). The molecule has 2 aliphatic carbocycles. The molecule has 3 fully saturated rings. The van der Waals surface area contributed by atoms with Crippen molar-refractivity contribution in [3.8, 4) is 0 Å². The molecule has 0 N–H and O–H groups in total. The van der Waals surface area contributed by atoms with Crippen LogP contribution in [0, 0.1) is 19.3 Å². The van der Waals surface area contributed by atoms with E-state index in [1.807, 2.05) is 13.8 Å². The van der Waals surface area contributed by atoms with Crippen LogP contribution >= 0.6 is 0 Å². The Hall–Kier alpha value is -1.82. The summed E-state index contributed by atoms with van der Waals surface area (Å²) in [5, 5.41) is 0. The summed E-state index contributed by atoms with van der Waals surface area (Å²) in [5.41, 5.74) is 5.42. The number of hydrogen-bond acceptors (Lipinski definition) is 6. The largest absolute Gasteiger partial charge is 0.378 e. The van der Waals surface area contributed by atoms with Gasteiger partial charge in [-0.25, -0.2) is 15.0 Å². The highest BCUT2D eigenvalue weighted by atomic mass is 16.5. The molecule has 3 heterocycles. The standard InChI is InChI=1S/C20H27N5O/c1-13-14(2)22-18-17(21-13)16(15-3-5-20(6-4-15)7-8-20)23-19(24-18)25-9-11-26-12-10-25/h15H,3-12H2,1-2H3. The van der Waals surface area contributed by atoms with Crippen LogP contribution in [0.15, 0.2) is 0 Å². The SMILES string of the molecule is Cc1nc2nc(N3CCOCC3)nc(C3CCC4(CC3)CC4)c2nc1C. The van der Waals surface area contributed by atoms with Gasteiger partial charge in [-0.15, -0.1) is 0 Å². The third-order valence-electron chi connectivity index (χ3n) is 6.64. The van der Waals surface area contributed by atoms with Crippen molar-refractivity contribution >= 4 is 17.1 Å². The van der Waals surface area contributed by atoms with Crippen molar-refractivity contribution in [2.24, 2.45) is 5.41 Å². The van der Waals surface area contributed by atoms with E-state index in [-0.39, 0.29) is 0 Å². The van der Waals surface area contributed by atoms with Gasteiger partial charge in [-0.1, -0.05) is 0 Å². The number of hydrogen-bond donors (Lipinski definition) is 0. The molecule has 1 aliphatic heterocycles. The highest BCUT2D eigenvalue weighted by molar-refractivity contribution is 5.75. The van der Waals surface area contributed by atoms with Crippen molar-refractivity contribution in [1.29, 1.82) is 0 Å². The Balaban J connectivity index is 1.57. The number of anilines is 1. The molecule has 138 valence electrons. The van der Waals surface area contributed by atoms with Gasteiger partial charge in [-0.3, -0.25) is 0 Å². The van der Waals surface area contributed by atoms with E-state index in [1.165, 1.54) is 38.5 Å². The maximum atomic E-state index is 5.49. The lowest BCUT2D eigenvalue weighted by Crippen LogP contribution is -2.37. The molecular weight excluding hydrogens is 326 g/mol. The van der Waals surface area contributed by atoms with Gasteiger partial charge in [0.15, 0.2) is 5.65 Å². The first-order valence-corrected chi connectivity index (χ1v) is 9.99.